The van der Waals surface area contributed by atoms with Crippen molar-refractivity contribution >= 4 is 0 Å². The van der Waals surface area contributed by atoms with Gasteiger partial charge in [0.05, 0.1) is 17.7 Å². The van der Waals surface area contributed by atoms with Crippen LogP contribution in [-0.2, 0) is 26.3 Å². The second kappa shape index (κ2) is 3.99. The van der Waals surface area contributed by atoms with Crippen LogP contribution >= 0.6 is 0 Å². The highest BCUT2D eigenvalue weighted by Crippen LogP contribution is 2.38. The van der Waals surface area contributed by atoms with Gasteiger partial charge in [0.2, 0.25) is 0 Å². The van der Waals surface area contributed by atoms with Crippen molar-refractivity contribution < 1.29 is 0 Å². The molecular weight excluding hydrogens is 222 g/mol. The first-order chi connectivity index (χ1) is 8.71. The van der Waals surface area contributed by atoms with Crippen LogP contribution in [0.15, 0.2) is 36.7 Å². The van der Waals surface area contributed by atoms with Crippen LogP contribution in [-0.4, -0.2) is 9.78 Å². The second-order valence-corrected chi connectivity index (χ2v) is 5.21. The Bertz CT molecular complexity index is 594. The maximum Gasteiger partial charge on any atom is 0.0700 e. The third-order valence-electron chi connectivity index (χ3n) is 3.71. The number of aryl methyl sites for hydroxylation is 1. The number of hydrogen-bond donors (Lipinski definition) is 0. The predicted octanol–water partition coefficient (Wildman–Crippen LogP) is 2.27. The van der Waals surface area contributed by atoms with E-state index in [1.54, 1.807) is 4.68 Å². The number of benzene rings is 1. The molecule has 1 aromatic heterocycles. The lowest BCUT2D eigenvalue weighted by molar-refractivity contribution is 0.418. The second-order valence-electron chi connectivity index (χ2n) is 5.21. The average Bonchev–Trinajstić information content (AvgIpc) is 2.93. The Hall–Kier alpha value is -2.08. The van der Waals surface area contributed by atoms with E-state index in [0.717, 1.165) is 24.8 Å². The van der Waals surface area contributed by atoms with Crippen molar-refractivity contribution in [1.29, 1.82) is 5.26 Å². The summed E-state index contributed by atoms with van der Waals surface area (Å²) in [6.07, 6.45) is 6.36. The molecule has 3 nitrogen and oxygen atoms in total. The van der Waals surface area contributed by atoms with Gasteiger partial charge >= 0.3 is 0 Å². The molecule has 1 aliphatic rings. The number of nitrogens with zero attached hydrogens (tertiary/aromatic N) is 3. The van der Waals surface area contributed by atoms with Crippen LogP contribution in [0, 0.1) is 16.7 Å². The van der Waals surface area contributed by atoms with Crippen molar-refractivity contribution in [3.63, 3.8) is 0 Å². The lowest BCUT2D eigenvalue weighted by Crippen LogP contribution is -2.22. The molecule has 0 spiro atoms. The number of nitriles is 1. The van der Waals surface area contributed by atoms with Gasteiger partial charge in [0, 0.05) is 13.2 Å². The van der Waals surface area contributed by atoms with E-state index in [1.807, 2.05) is 19.4 Å². The van der Waals surface area contributed by atoms with Crippen LogP contribution < -0.4 is 0 Å². The van der Waals surface area contributed by atoms with Crippen LogP contribution in [0.4, 0.5) is 0 Å². The van der Waals surface area contributed by atoms with E-state index in [4.69, 9.17) is 0 Å². The van der Waals surface area contributed by atoms with E-state index in [-0.39, 0.29) is 5.41 Å². The van der Waals surface area contributed by atoms with E-state index in [1.165, 1.54) is 11.1 Å². The molecule has 0 unspecified atom stereocenters. The summed E-state index contributed by atoms with van der Waals surface area (Å²) in [6, 6.07) is 10.9. The van der Waals surface area contributed by atoms with Crippen molar-refractivity contribution in [3.05, 3.63) is 53.3 Å². The first-order valence-electron chi connectivity index (χ1n) is 6.16. The molecular formula is C15H15N3. The average molecular weight is 237 g/mol. The summed E-state index contributed by atoms with van der Waals surface area (Å²) < 4.78 is 1.79. The monoisotopic (exact) mass is 237 g/mol. The summed E-state index contributed by atoms with van der Waals surface area (Å²) in [7, 11) is 1.91. The molecule has 1 aromatic carbocycles. The van der Waals surface area contributed by atoms with E-state index in [9.17, 15) is 5.26 Å². The summed E-state index contributed by atoms with van der Waals surface area (Å²) in [6.45, 7) is 0. The van der Waals surface area contributed by atoms with Crippen molar-refractivity contribution in [1.82, 2.24) is 9.78 Å². The first-order valence-corrected chi connectivity index (χ1v) is 6.16. The highest BCUT2D eigenvalue weighted by Gasteiger charge is 2.37. The van der Waals surface area contributed by atoms with E-state index in [0.29, 0.717) is 0 Å². The zero-order valence-corrected chi connectivity index (χ0v) is 10.4. The minimum absolute atomic E-state index is 0.285. The van der Waals surface area contributed by atoms with Gasteiger partial charge in [-0.15, -0.1) is 0 Å². The number of fused-ring (bicyclic) bond motifs is 1. The quantitative estimate of drug-likeness (QED) is 0.804. The van der Waals surface area contributed by atoms with Crippen molar-refractivity contribution in [3.8, 4) is 6.07 Å². The highest BCUT2D eigenvalue weighted by atomic mass is 15.2. The Morgan fingerprint density at radius 3 is 2.50 bits per heavy atom. The van der Waals surface area contributed by atoms with E-state index < -0.39 is 0 Å². The lowest BCUT2D eigenvalue weighted by atomic mass is 9.81. The fraction of sp³-hybridized carbons (Fsp3) is 0.333. The summed E-state index contributed by atoms with van der Waals surface area (Å²) in [5, 5.41) is 13.8. The Balaban J connectivity index is 1.89. The molecule has 0 radical (unpaired) electrons. The zero-order valence-electron chi connectivity index (χ0n) is 10.4. The third-order valence-corrected chi connectivity index (χ3v) is 3.71. The molecule has 18 heavy (non-hydrogen) atoms. The number of hydrogen-bond acceptors (Lipinski definition) is 2. The molecule has 0 saturated heterocycles. The Labute approximate surface area is 107 Å². The smallest absolute Gasteiger partial charge is 0.0700 e. The molecule has 90 valence electrons. The number of rotatable bonds is 2. The van der Waals surface area contributed by atoms with E-state index in [2.05, 4.69) is 35.4 Å². The van der Waals surface area contributed by atoms with Crippen LogP contribution in [0.25, 0.3) is 0 Å². The molecule has 1 heterocycles. The van der Waals surface area contributed by atoms with Crippen molar-refractivity contribution in [2.24, 2.45) is 12.5 Å². The SMILES string of the molecule is Cn1cc(CC2(C#N)Cc3ccccc3C2)cn1. The predicted molar refractivity (Wildman–Crippen MR) is 68.8 cm³/mol. The van der Waals surface area contributed by atoms with Gasteiger partial charge in [-0.3, -0.25) is 4.68 Å². The van der Waals surface area contributed by atoms with Gasteiger partial charge in [-0.2, -0.15) is 10.4 Å². The van der Waals surface area contributed by atoms with Gasteiger partial charge in [-0.05, 0) is 36.0 Å². The maximum absolute atomic E-state index is 9.58. The van der Waals surface area contributed by atoms with Crippen molar-refractivity contribution in [2.75, 3.05) is 0 Å². The Morgan fingerprint density at radius 1 is 1.33 bits per heavy atom. The van der Waals surface area contributed by atoms with Crippen LogP contribution in [0.5, 0.6) is 0 Å². The molecule has 0 aliphatic heterocycles. The van der Waals surface area contributed by atoms with Gasteiger partial charge in [0.15, 0.2) is 0 Å². The highest BCUT2D eigenvalue weighted by molar-refractivity contribution is 5.38. The lowest BCUT2D eigenvalue weighted by Gasteiger charge is -2.18. The standard InChI is InChI=1S/C15H15N3/c1-18-10-12(9-17-18)6-15(11-16)7-13-4-2-3-5-14(13)8-15/h2-5,9-10H,6-8H2,1H3. The van der Waals surface area contributed by atoms with Crippen molar-refractivity contribution in [2.45, 2.75) is 19.3 Å². The fourth-order valence-electron chi connectivity index (χ4n) is 2.89. The minimum atomic E-state index is -0.285. The zero-order chi connectivity index (χ0) is 12.6. The molecule has 2 aromatic rings. The fourth-order valence-corrected chi connectivity index (χ4v) is 2.89. The molecule has 3 rings (SSSR count). The van der Waals surface area contributed by atoms with E-state index >= 15 is 0 Å². The van der Waals surface area contributed by atoms with Crippen LogP contribution in [0.1, 0.15) is 16.7 Å². The largest absolute Gasteiger partial charge is 0.276 e. The molecule has 0 atom stereocenters. The minimum Gasteiger partial charge on any atom is -0.276 e. The number of aromatic nitrogens is 2. The van der Waals surface area contributed by atoms with Gasteiger partial charge < -0.3 is 0 Å². The van der Waals surface area contributed by atoms with Crippen LogP contribution in [0.3, 0.4) is 0 Å². The summed E-state index contributed by atoms with van der Waals surface area (Å²) in [5.74, 6) is 0. The normalized spacial score (nSPS) is 16.2. The Kier molecular flexibility index (Phi) is 2.45. The van der Waals surface area contributed by atoms with Crippen LogP contribution in [0.2, 0.25) is 0 Å². The summed E-state index contributed by atoms with van der Waals surface area (Å²) in [4.78, 5) is 0. The molecule has 0 amide bonds. The molecule has 3 heteroatoms. The maximum atomic E-state index is 9.58. The summed E-state index contributed by atoms with van der Waals surface area (Å²) >= 11 is 0. The van der Waals surface area contributed by atoms with Gasteiger partial charge in [-0.1, -0.05) is 24.3 Å². The molecule has 0 N–H and O–H groups in total. The molecule has 0 saturated carbocycles. The molecule has 0 bridgehead atoms. The first kappa shape index (κ1) is 11.0. The third kappa shape index (κ3) is 1.80. The Morgan fingerprint density at radius 2 is 2.00 bits per heavy atom. The van der Waals surface area contributed by atoms with Gasteiger partial charge in [0.25, 0.3) is 0 Å². The topological polar surface area (TPSA) is 41.6 Å². The van der Waals surface area contributed by atoms with Gasteiger partial charge in [-0.25, -0.2) is 0 Å². The molecule has 0 fully saturated rings. The molecule has 1 aliphatic carbocycles. The van der Waals surface area contributed by atoms with Gasteiger partial charge in [0.1, 0.15) is 0 Å². The summed E-state index contributed by atoms with van der Waals surface area (Å²) in [5.41, 5.74) is 3.50.